The molecule has 0 aromatic heterocycles. The van der Waals surface area contributed by atoms with E-state index in [1.807, 2.05) is 13.8 Å². The van der Waals surface area contributed by atoms with E-state index in [1.54, 1.807) is 0 Å². The van der Waals surface area contributed by atoms with Crippen molar-refractivity contribution >= 4 is 0 Å². The summed E-state index contributed by atoms with van der Waals surface area (Å²) in [6.07, 6.45) is -4.86. The summed E-state index contributed by atoms with van der Waals surface area (Å²) < 4.78 is 35.2. The predicted octanol–water partition coefficient (Wildman–Crippen LogP) is 2.59. The van der Waals surface area contributed by atoms with Gasteiger partial charge < -0.3 is 5.11 Å². The lowest BCUT2D eigenvalue weighted by Crippen LogP contribution is -2.17. The van der Waals surface area contributed by atoms with Gasteiger partial charge in [-0.1, -0.05) is 13.8 Å². The Labute approximate surface area is 70.6 Å². The van der Waals surface area contributed by atoms with Gasteiger partial charge in [-0.15, -0.1) is 0 Å². The molecule has 1 N–H and O–H groups in total. The normalized spacial score (nSPS) is 15.2. The van der Waals surface area contributed by atoms with Crippen molar-refractivity contribution in [1.29, 1.82) is 0 Å². The molecule has 0 saturated heterocycles. The first-order valence-corrected chi connectivity index (χ1v) is 4.04. The highest BCUT2D eigenvalue weighted by atomic mass is 19.4. The number of aliphatic hydroxyl groups is 1. The molecule has 0 aliphatic heterocycles. The van der Waals surface area contributed by atoms with E-state index in [1.165, 1.54) is 0 Å². The van der Waals surface area contributed by atoms with E-state index < -0.39 is 12.6 Å². The largest absolute Gasteiger partial charge is 0.396 e. The van der Waals surface area contributed by atoms with Crippen LogP contribution < -0.4 is 0 Å². The van der Waals surface area contributed by atoms with Crippen molar-refractivity contribution in [3.63, 3.8) is 0 Å². The molecule has 1 atom stereocenters. The number of halogens is 3. The van der Waals surface area contributed by atoms with Gasteiger partial charge in [0, 0.05) is 13.0 Å². The Morgan fingerprint density at radius 2 is 1.75 bits per heavy atom. The Bertz CT molecular complexity index is 120. The molecule has 0 heterocycles. The van der Waals surface area contributed by atoms with Crippen molar-refractivity contribution in [3.8, 4) is 0 Å². The van der Waals surface area contributed by atoms with Crippen LogP contribution in [-0.2, 0) is 0 Å². The summed E-state index contributed by atoms with van der Waals surface area (Å²) in [5.74, 6) is -0.121. The third kappa shape index (κ3) is 5.41. The van der Waals surface area contributed by atoms with Gasteiger partial charge in [-0.2, -0.15) is 13.2 Å². The van der Waals surface area contributed by atoms with Gasteiger partial charge in [0.1, 0.15) is 0 Å². The Morgan fingerprint density at radius 3 is 2.00 bits per heavy atom. The second kappa shape index (κ2) is 4.70. The van der Waals surface area contributed by atoms with E-state index in [9.17, 15) is 13.2 Å². The Balaban J connectivity index is 3.73. The maximum Gasteiger partial charge on any atom is 0.389 e. The monoisotopic (exact) mass is 184 g/mol. The molecule has 0 aliphatic carbocycles. The first kappa shape index (κ1) is 11.8. The summed E-state index contributed by atoms with van der Waals surface area (Å²) in [6.45, 7) is 3.47. The number of hydrogen-bond donors (Lipinski definition) is 1. The topological polar surface area (TPSA) is 20.2 Å². The highest BCUT2D eigenvalue weighted by Crippen LogP contribution is 2.26. The first-order valence-electron chi connectivity index (χ1n) is 4.04. The van der Waals surface area contributed by atoms with Crippen LogP contribution in [0.1, 0.15) is 26.7 Å². The van der Waals surface area contributed by atoms with Gasteiger partial charge in [-0.25, -0.2) is 0 Å². The van der Waals surface area contributed by atoms with E-state index in [4.69, 9.17) is 5.11 Å². The summed E-state index contributed by atoms with van der Waals surface area (Å²) in [4.78, 5) is 0. The van der Waals surface area contributed by atoms with Crippen LogP contribution in [0.3, 0.4) is 0 Å². The SMILES string of the molecule is CC(C)C(CO)CCC(F)(F)F. The fourth-order valence-electron chi connectivity index (χ4n) is 0.984. The molecule has 1 unspecified atom stereocenters. The molecular formula is C8H15F3O. The maximum atomic E-state index is 11.7. The molecule has 0 aliphatic rings. The molecule has 0 radical (unpaired) electrons. The molecule has 0 bridgehead atoms. The van der Waals surface area contributed by atoms with Gasteiger partial charge in [-0.05, 0) is 18.3 Å². The minimum atomic E-state index is -4.09. The van der Waals surface area contributed by atoms with Gasteiger partial charge in [0.25, 0.3) is 0 Å². The molecule has 4 heteroatoms. The molecule has 12 heavy (non-hydrogen) atoms. The van der Waals surface area contributed by atoms with Gasteiger partial charge in [0.2, 0.25) is 0 Å². The van der Waals surface area contributed by atoms with Crippen LogP contribution >= 0.6 is 0 Å². The average Bonchev–Trinajstić information content (AvgIpc) is 1.85. The van der Waals surface area contributed by atoms with Crippen LogP contribution in [0.2, 0.25) is 0 Å². The number of aliphatic hydroxyl groups excluding tert-OH is 1. The van der Waals surface area contributed by atoms with Crippen LogP contribution in [-0.4, -0.2) is 17.9 Å². The van der Waals surface area contributed by atoms with Crippen molar-refractivity contribution in [2.24, 2.45) is 11.8 Å². The molecule has 74 valence electrons. The molecule has 0 rings (SSSR count). The van der Waals surface area contributed by atoms with Crippen LogP contribution in [0.25, 0.3) is 0 Å². The molecule has 0 spiro atoms. The molecule has 0 saturated carbocycles. The second-order valence-electron chi connectivity index (χ2n) is 3.34. The Hall–Kier alpha value is -0.250. The average molecular weight is 184 g/mol. The predicted molar refractivity (Wildman–Crippen MR) is 40.7 cm³/mol. The highest BCUT2D eigenvalue weighted by molar-refractivity contribution is 4.64. The third-order valence-corrected chi connectivity index (χ3v) is 1.98. The van der Waals surface area contributed by atoms with E-state index in [2.05, 4.69) is 0 Å². The van der Waals surface area contributed by atoms with Gasteiger partial charge in [0.15, 0.2) is 0 Å². The molecule has 0 aromatic rings. The minimum Gasteiger partial charge on any atom is -0.396 e. The van der Waals surface area contributed by atoms with E-state index >= 15 is 0 Å². The zero-order chi connectivity index (χ0) is 9.78. The number of hydrogen-bond acceptors (Lipinski definition) is 1. The first-order chi connectivity index (χ1) is 5.37. The Morgan fingerprint density at radius 1 is 1.25 bits per heavy atom. The van der Waals surface area contributed by atoms with Crippen molar-refractivity contribution in [3.05, 3.63) is 0 Å². The van der Waals surface area contributed by atoms with Crippen molar-refractivity contribution in [2.75, 3.05) is 6.61 Å². The molecule has 0 amide bonds. The van der Waals surface area contributed by atoms with Crippen LogP contribution in [0, 0.1) is 11.8 Å². The highest BCUT2D eigenvalue weighted by Gasteiger charge is 2.28. The third-order valence-electron chi connectivity index (χ3n) is 1.98. The lowest BCUT2D eigenvalue weighted by atomic mass is 9.92. The second-order valence-corrected chi connectivity index (χ2v) is 3.34. The quantitative estimate of drug-likeness (QED) is 0.712. The standard InChI is InChI=1S/C8H15F3O/c1-6(2)7(5-12)3-4-8(9,10)11/h6-7,12H,3-5H2,1-2H3. The summed E-state index contributed by atoms with van der Waals surface area (Å²) in [5, 5.41) is 8.73. The summed E-state index contributed by atoms with van der Waals surface area (Å²) >= 11 is 0. The Kier molecular flexibility index (Phi) is 4.60. The number of alkyl halides is 3. The van der Waals surface area contributed by atoms with E-state index in [-0.39, 0.29) is 24.9 Å². The summed E-state index contributed by atoms with van der Waals surface area (Å²) in [6, 6.07) is 0. The fraction of sp³-hybridized carbons (Fsp3) is 1.00. The van der Waals surface area contributed by atoms with Gasteiger partial charge in [0.05, 0.1) is 0 Å². The summed E-state index contributed by atoms with van der Waals surface area (Å²) in [5.41, 5.74) is 0. The van der Waals surface area contributed by atoms with Crippen LogP contribution in [0.15, 0.2) is 0 Å². The van der Waals surface area contributed by atoms with Gasteiger partial charge >= 0.3 is 6.18 Å². The summed E-state index contributed by atoms with van der Waals surface area (Å²) in [7, 11) is 0. The lowest BCUT2D eigenvalue weighted by Gasteiger charge is -2.18. The number of rotatable bonds is 4. The zero-order valence-electron chi connectivity index (χ0n) is 7.36. The lowest BCUT2D eigenvalue weighted by molar-refractivity contribution is -0.139. The van der Waals surface area contributed by atoms with Gasteiger partial charge in [-0.3, -0.25) is 0 Å². The zero-order valence-corrected chi connectivity index (χ0v) is 7.36. The fourth-order valence-corrected chi connectivity index (χ4v) is 0.984. The van der Waals surface area contributed by atoms with Crippen LogP contribution in [0.5, 0.6) is 0 Å². The van der Waals surface area contributed by atoms with Crippen LogP contribution in [0.4, 0.5) is 13.2 Å². The molecule has 0 aromatic carbocycles. The smallest absolute Gasteiger partial charge is 0.389 e. The molecule has 0 fully saturated rings. The molecule has 1 nitrogen and oxygen atoms in total. The maximum absolute atomic E-state index is 11.7. The van der Waals surface area contributed by atoms with Crippen molar-refractivity contribution in [1.82, 2.24) is 0 Å². The molecular weight excluding hydrogens is 169 g/mol. The van der Waals surface area contributed by atoms with E-state index in [0.29, 0.717) is 0 Å². The van der Waals surface area contributed by atoms with E-state index in [0.717, 1.165) is 0 Å². The van der Waals surface area contributed by atoms with Crippen molar-refractivity contribution in [2.45, 2.75) is 32.9 Å². The van der Waals surface area contributed by atoms with Crippen molar-refractivity contribution < 1.29 is 18.3 Å². The minimum absolute atomic E-state index is 0.0255.